The molecule has 2 fully saturated rings. The summed E-state index contributed by atoms with van der Waals surface area (Å²) in [5.74, 6) is 1.00. The van der Waals surface area contributed by atoms with Crippen molar-refractivity contribution in [2.24, 2.45) is 16.8 Å². The number of hydrogen-bond acceptors (Lipinski definition) is 6. The molecule has 5 rings (SSSR count). The molecule has 4 atom stereocenters. The number of rotatable bonds is 5. The second-order valence-electron chi connectivity index (χ2n) is 8.96. The van der Waals surface area contributed by atoms with E-state index in [1.165, 1.54) is 38.1 Å². The number of amidine groups is 1. The van der Waals surface area contributed by atoms with Gasteiger partial charge in [-0.25, -0.2) is 9.79 Å². The van der Waals surface area contributed by atoms with Gasteiger partial charge in [-0.05, 0) is 61.1 Å². The van der Waals surface area contributed by atoms with Crippen molar-refractivity contribution >= 4 is 40.4 Å². The summed E-state index contributed by atoms with van der Waals surface area (Å²) < 4.78 is 5.09. The summed E-state index contributed by atoms with van der Waals surface area (Å²) in [6, 6.07) is 7.29. The van der Waals surface area contributed by atoms with Crippen molar-refractivity contribution in [3.63, 3.8) is 0 Å². The van der Waals surface area contributed by atoms with E-state index >= 15 is 0 Å². The Labute approximate surface area is 197 Å². The van der Waals surface area contributed by atoms with Gasteiger partial charge in [0.2, 0.25) is 5.91 Å². The monoisotopic (exact) mass is 471 g/mol. The van der Waals surface area contributed by atoms with Crippen molar-refractivity contribution in [3.8, 4) is 0 Å². The Morgan fingerprint density at radius 2 is 2.03 bits per heavy atom. The van der Waals surface area contributed by atoms with E-state index in [-0.39, 0.29) is 12.3 Å². The SMILES string of the molecule is COC(=O)C1=C(C)N=C2SC=C(CC(=O)N[C@H]3C[C@H]4CC[C@H]3C4)N2[C@H]1c1ccc(Cl)cc1. The molecule has 1 aromatic rings. The number of ether oxygens (including phenoxy) is 1. The Morgan fingerprint density at radius 1 is 1.25 bits per heavy atom. The third-order valence-electron chi connectivity index (χ3n) is 7.02. The van der Waals surface area contributed by atoms with E-state index in [4.69, 9.17) is 16.3 Å². The molecular weight excluding hydrogens is 446 g/mol. The fraction of sp³-hybridized carbons (Fsp3) is 0.458. The zero-order chi connectivity index (χ0) is 22.4. The Bertz CT molecular complexity index is 1050. The van der Waals surface area contributed by atoms with Crippen LogP contribution in [0.2, 0.25) is 5.02 Å². The van der Waals surface area contributed by atoms with Crippen LogP contribution in [0.15, 0.2) is 51.6 Å². The van der Waals surface area contributed by atoms with Gasteiger partial charge in [-0.1, -0.05) is 41.9 Å². The molecule has 0 spiro atoms. The lowest BCUT2D eigenvalue weighted by molar-refractivity contribution is -0.136. The van der Waals surface area contributed by atoms with Crippen LogP contribution in [0.1, 0.15) is 50.6 Å². The van der Waals surface area contributed by atoms with Crippen LogP contribution in [-0.2, 0) is 14.3 Å². The van der Waals surface area contributed by atoms with Crippen molar-refractivity contribution in [1.82, 2.24) is 10.2 Å². The van der Waals surface area contributed by atoms with Crippen molar-refractivity contribution in [3.05, 3.63) is 57.2 Å². The lowest BCUT2D eigenvalue weighted by atomic mass is 9.93. The Balaban J connectivity index is 1.41. The van der Waals surface area contributed by atoms with Crippen LogP contribution in [0.4, 0.5) is 0 Å². The number of amides is 1. The summed E-state index contributed by atoms with van der Waals surface area (Å²) in [5.41, 5.74) is 2.82. The van der Waals surface area contributed by atoms with Gasteiger partial charge in [-0.15, -0.1) is 0 Å². The Morgan fingerprint density at radius 3 is 2.69 bits per heavy atom. The third-order valence-corrected chi connectivity index (χ3v) is 8.16. The summed E-state index contributed by atoms with van der Waals surface area (Å²) >= 11 is 7.59. The molecule has 2 aliphatic carbocycles. The molecular formula is C24H26ClN3O3S. The van der Waals surface area contributed by atoms with E-state index in [1.807, 2.05) is 29.4 Å². The quantitative estimate of drug-likeness (QED) is 0.625. The van der Waals surface area contributed by atoms with Crippen LogP contribution in [0.3, 0.4) is 0 Å². The van der Waals surface area contributed by atoms with Crippen molar-refractivity contribution in [1.29, 1.82) is 0 Å². The van der Waals surface area contributed by atoms with Gasteiger partial charge < -0.3 is 15.0 Å². The number of nitrogens with one attached hydrogen (secondary N) is 1. The number of halogens is 1. The van der Waals surface area contributed by atoms with Crippen molar-refractivity contribution < 1.29 is 14.3 Å². The topological polar surface area (TPSA) is 71.0 Å². The first kappa shape index (κ1) is 21.6. The van der Waals surface area contributed by atoms with Gasteiger partial charge in [-0.2, -0.15) is 0 Å². The van der Waals surface area contributed by atoms with Gasteiger partial charge in [0.25, 0.3) is 0 Å². The number of hydrogen-bond donors (Lipinski definition) is 1. The van der Waals surface area contributed by atoms with Crippen molar-refractivity contribution in [2.45, 2.75) is 51.1 Å². The fourth-order valence-electron chi connectivity index (χ4n) is 5.55. The molecule has 0 aromatic heterocycles. The van der Waals surface area contributed by atoms with Gasteiger partial charge in [0.1, 0.15) is 0 Å². The largest absolute Gasteiger partial charge is 0.466 e. The first-order valence-corrected chi connectivity index (χ1v) is 12.3. The number of thioether (sulfide) groups is 1. The van der Waals surface area contributed by atoms with Crippen LogP contribution in [-0.4, -0.2) is 35.1 Å². The van der Waals surface area contributed by atoms with Crippen LogP contribution in [0.5, 0.6) is 0 Å². The first-order valence-electron chi connectivity index (χ1n) is 11.0. The maximum absolute atomic E-state index is 13.0. The normalized spacial score (nSPS) is 28.4. The summed E-state index contributed by atoms with van der Waals surface area (Å²) in [4.78, 5) is 32.4. The number of carbonyl (C=O) groups excluding carboxylic acids is 2. The molecule has 32 heavy (non-hydrogen) atoms. The van der Waals surface area contributed by atoms with Crippen molar-refractivity contribution in [2.75, 3.05) is 7.11 Å². The number of methoxy groups -OCH3 is 1. The number of allylic oxidation sites excluding steroid dienone is 1. The number of esters is 1. The molecule has 2 heterocycles. The van der Waals surface area contributed by atoms with E-state index < -0.39 is 12.0 Å². The second kappa shape index (κ2) is 8.60. The number of benzene rings is 1. The molecule has 0 radical (unpaired) electrons. The Kier molecular flexibility index (Phi) is 5.80. The number of carbonyl (C=O) groups is 2. The van der Waals surface area contributed by atoms with E-state index in [2.05, 4.69) is 10.3 Å². The predicted octanol–water partition coefficient (Wildman–Crippen LogP) is 4.78. The molecule has 1 aromatic carbocycles. The maximum Gasteiger partial charge on any atom is 0.338 e. The minimum absolute atomic E-state index is 0.0244. The standard InChI is InChI=1S/C24H26ClN3O3S/c1-13-21(23(30)31-2)22(15-5-7-17(25)8-6-15)28-18(12-32-24(28)26-13)11-20(29)27-19-10-14-3-4-16(19)9-14/h5-8,12,14,16,19,22H,3-4,9-11H2,1-2H3,(H,27,29)/t14-,16-,19-,22-/m0/s1. The minimum Gasteiger partial charge on any atom is -0.466 e. The molecule has 0 unspecified atom stereocenters. The van der Waals surface area contributed by atoms with Crippen LogP contribution in [0.25, 0.3) is 0 Å². The highest BCUT2D eigenvalue weighted by Crippen LogP contribution is 2.46. The molecule has 0 saturated heterocycles. The zero-order valence-corrected chi connectivity index (χ0v) is 19.7. The molecule has 1 amide bonds. The van der Waals surface area contributed by atoms with Gasteiger partial charge in [0, 0.05) is 16.8 Å². The Hall–Kier alpha value is -2.25. The van der Waals surface area contributed by atoms with E-state index in [9.17, 15) is 9.59 Å². The molecule has 4 aliphatic rings. The maximum atomic E-state index is 13.0. The van der Waals surface area contributed by atoms with Gasteiger partial charge >= 0.3 is 5.97 Å². The van der Waals surface area contributed by atoms with E-state index in [0.29, 0.717) is 28.3 Å². The molecule has 2 bridgehead atoms. The molecule has 6 nitrogen and oxygen atoms in total. The summed E-state index contributed by atoms with van der Waals surface area (Å²) in [6.07, 6.45) is 5.12. The smallest absolute Gasteiger partial charge is 0.338 e. The number of aliphatic imine (C=N–C) groups is 1. The van der Waals surface area contributed by atoms with Gasteiger partial charge in [0.05, 0.1) is 30.8 Å². The first-order chi connectivity index (χ1) is 15.4. The molecule has 8 heteroatoms. The van der Waals surface area contributed by atoms with E-state index in [0.717, 1.165) is 28.8 Å². The third kappa shape index (κ3) is 3.86. The van der Waals surface area contributed by atoms with Crippen LogP contribution in [0, 0.1) is 11.8 Å². The summed E-state index contributed by atoms with van der Waals surface area (Å²) in [6.45, 7) is 1.82. The number of fused-ring (bicyclic) bond motifs is 3. The highest BCUT2D eigenvalue weighted by molar-refractivity contribution is 8.16. The predicted molar refractivity (Wildman–Crippen MR) is 126 cm³/mol. The molecule has 1 N–H and O–H groups in total. The lowest BCUT2D eigenvalue weighted by Gasteiger charge is -2.36. The average Bonchev–Trinajstić information content (AvgIpc) is 3.49. The zero-order valence-electron chi connectivity index (χ0n) is 18.1. The summed E-state index contributed by atoms with van der Waals surface area (Å²) in [7, 11) is 1.37. The highest BCUT2D eigenvalue weighted by Gasteiger charge is 2.42. The molecule has 2 aliphatic heterocycles. The number of nitrogens with zero attached hydrogens (tertiary/aromatic N) is 2. The van der Waals surface area contributed by atoms with Crippen LogP contribution >= 0.6 is 23.4 Å². The summed E-state index contributed by atoms with van der Waals surface area (Å²) in [5, 5.41) is 6.62. The van der Waals surface area contributed by atoms with Gasteiger partial charge in [0.15, 0.2) is 5.17 Å². The van der Waals surface area contributed by atoms with Crippen LogP contribution < -0.4 is 5.32 Å². The second-order valence-corrected chi connectivity index (χ2v) is 10.2. The highest BCUT2D eigenvalue weighted by atomic mass is 35.5. The minimum atomic E-state index is -0.427. The fourth-order valence-corrected chi connectivity index (χ4v) is 6.64. The van der Waals surface area contributed by atoms with Gasteiger partial charge in [-0.3, -0.25) is 4.79 Å². The van der Waals surface area contributed by atoms with E-state index in [1.54, 1.807) is 12.1 Å². The molecule has 168 valence electrons. The lowest BCUT2D eigenvalue weighted by Crippen LogP contribution is -2.41. The molecule has 2 saturated carbocycles. The average molecular weight is 472 g/mol.